The highest BCUT2D eigenvalue weighted by molar-refractivity contribution is 5.97. The number of hydrogen-bond acceptors (Lipinski definition) is 3. The van der Waals surface area contributed by atoms with E-state index in [0.29, 0.717) is 6.42 Å². The van der Waals surface area contributed by atoms with Gasteiger partial charge in [0.25, 0.3) is 0 Å². The maximum absolute atomic E-state index is 11.2. The molecule has 0 atom stereocenters. The molecule has 30 heavy (non-hydrogen) atoms. The van der Waals surface area contributed by atoms with Crippen LogP contribution in [0.4, 0.5) is 4.79 Å². The summed E-state index contributed by atoms with van der Waals surface area (Å²) in [6.45, 7) is 4.30. The van der Waals surface area contributed by atoms with Gasteiger partial charge >= 0.3 is 6.09 Å². The smallest absolute Gasteiger partial charge is 0.404 e. The number of carbonyl (C=O) groups excluding carboxylic acids is 1. The maximum Gasteiger partial charge on any atom is 0.404 e. The Balaban J connectivity index is 2.26. The lowest BCUT2D eigenvalue weighted by Crippen LogP contribution is -2.22. The van der Waals surface area contributed by atoms with Crippen LogP contribution in [0.3, 0.4) is 0 Å². The highest BCUT2D eigenvalue weighted by Crippen LogP contribution is 2.34. The second-order valence-electron chi connectivity index (χ2n) is 7.50. The van der Waals surface area contributed by atoms with Gasteiger partial charge in [0.05, 0.1) is 5.52 Å². The first-order valence-electron chi connectivity index (χ1n) is 10.2. The van der Waals surface area contributed by atoms with Gasteiger partial charge in [-0.05, 0) is 48.6 Å². The average molecular weight is 405 g/mol. The van der Waals surface area contributed by atoms with Crippen LogP contribution in [0.5, 0.6) is 0 Å². The number of pyridine rings is 1. The molecule has 0 unspecified atom stereocenters. The molecular formula is C24H27N3O3. The maximum atomic E-state index is 11.2. The number of amides is 2. The predicted octanol–water partition coefficient (Wildman–Crippen LogP) is 4.35. The number of hydrogen-bond donors (Lipinski definition) is 3. The van der Waals surface area contributed by atoms with E-state index in [4.69, 9.17) is 10.7 Å². The Morgan fingerprint density at radius 2 is 1.83 bits per heavy atom. The van der Waals surface area contributed by atoms with Gasteiger partial charge in [-0.3, -0.25) is 9.78 Å². The summed E-state index contributed by atoms with van der Waals surface area (Å²) in [6, 6.07) is 14.2. The van der Waals surface area contributed by atoms with Gasteiger partial charge in [0, 0.05) is 29.6 Å². The zero-order chi connectivity index (χ0) is 21.7. The summed E-state index contributed by atoms with van der Waals surface area (Å²) in [5, 5.41) is 12.7. The highest BCUT2D eigenvalue weighted by atomic mass is 16.4. The monoisotopic (exact) mass is 405 g/mol. The Hall–Kier alpha value is -3.41. The van der Waals surface area contributed by atoms with Gasteiger partial charge in [-0.15, -0.1) is 0 Å². The lowest BCUT2D eigenvalue weighted by Gasteiger charge is -2.18. The van der Waals surface area contributed by atoms with E-state index in [1.54, 1.807) is 0 Å². The van der Waals surface area contributed by atoms with Crippen LogP contribution in [0, 0.1) is 6.92 Å². The second-order valence-corrected chi connectivity index (χ2v) is 7.50. The van der Waals surface area contributed by atoms with Crippen molar-refractivity contribution < 1.29 is 14.7 Å². The van der Waals surface area contributed by atoms with Crippen molar-refractivity contribution in [3.8, 4) is 11.1 Å². The number of carboxylic acid groups (broad SMARTS) is 1. The third kappa shape index (κ3) is 4.95. The van der Waals surface area contributed by atoms with Gasteiger partial charge in [-0.25, -0.2) is 4.79 Å². The first kappa shape index (κ1) is 21.3. The molecule has 0 saturated heterocycles. The average Bonchev–Trinajstić information content (AvgIpc) is 2.71. The molecule has 0 aliphatic carbocycles. The Kier molecular flexibility index (Phi) is 6.67. The molecule has 0 aliphatic rings. The zero-order valence-electron chi connectivity index (χ0n) is 17.4. The Labute approximate surface area is 176 Å². The zero-order valence-corrected chi connectivity index (χ0v) is 17.4. The summed E-state index contributed by atoms with van der Waals surface area (Å²) in [5.41, 5.74) is 12.1. The van der Waals surface area contributed by atoms with Gasteiger partial charge in [0.1, 0.15) is 0 Å². The van der Waals surface area contributed by atoms with E-state index < -0.39 is 6.09 Å². The molecule has 2 aromatic carbocycles. The minimum atomic E-state index is -1.07. The molecule has 0 fully saturated rings. The molecule has 6 nitrogen and oxygen atoms in total. The van der Waals surface area contributed by atoms with E-state index in [-0.39, 0.29) is 18.9 Å². The van der Waals surface area contributed by atoms with Crippen LogP contribution >= 0.6 is 0 Å². The van der Waals surface area contributed by atoms with E-state index in [9.17, 15) is 14.7 Å². The number of nitrogens with two attached hydrogens (primary N) is 1. The molecule has 0 saturated carbocycles. The van der Waals surface area contributed by atoms with Gasteiger partial charge in [0.2, 0.25) is 5.91 Å². The molecule has 1 heterocycles. The van der Waals surface area contributed by atoms with Crippen LogP contribution in [-0.2, 0) is 24.2 Å². The van der Waals surface area contributed by atoms with Crippen LogP contribution in [0.2, 0.25) is 0 Å². The quantitative estimate of drug-likeness (QED) is 0.518. The van der Waals surface area contributed by atoms with Crippen molar-refractivity contribution in [2.75, 3.05) is 0 Å². The summed E-state index contributed by atoms with van der Waals surface area (Å²) in [5.74, 6) is -0.336. The molecule has 0 bridgehead atoms. The summed E-state index contributed by atoms with van der Waals surface area (Å²) in [6.07, 6.45) is 1.43. The van der Waals surface area contributed by atoms with Gasteiger partial charge in [-0.1, -0.05) is 49.2 Å². The molecule has 3 aromatic rings. The summed E-state index contributed by atoms with van der Waals surface area (Å²) < 4.78 is 0. The molecule has 4 N–H and O–H groups in total. The Morgan fingerprint density at radius 3 is 2.47 bits per heavy atom. The van der Waals surface area contributed by atoms with Crippen LogP contribution in [0.15, 0.2) is 42.5 Å². The number of rotatable bonds is 8. The first-order valence-corrected chi connectivity index (χ1v) is 10.2. The van der Waals surface area contributed by atoms with Crippen molar-refractivity contribution in [2.24, 2.45) is 5.73 Å². The molecular weight excluding hydrogens is 378 g/mol. The first-order chi connectivity index (χ1) is 14.4. The number of aromatic nitrogens is 1. The van der Waals surface area contributed by atoms with Crippen molar-refractivity contribution in [3.63, 3.8) is 0 Å². The van der Waals surface area contributed by atoms with Crippen LogP contribution < -0.4 is 11.1 Å². The van der Waals surface area contributed by atoms with Crippen molar-refractivity contribution in [1.82, 2.24) is 10.3 Å². The number of aryl methyl sites for hydroxylation is 3. The summed E-state index contributed by atoms with van der Waals surface area (Å²) in [7, 11) is 0. The number of fused-ring (bicyclic) bond motifs is 1. The topological polar surface area (TPSA) is 105 Å². The molecule has 0 aliphatic heterocycles. The molecule has 0 radical (unpaired) electrons. The fourth-order valence-electron chi connectivity index (χ4n) is 3.67. The Morgan fingerprint density at radius 1 is 1.10 bits per heavy atom. The molecule has 2 amide bonds. The fraction of sp³-hybridized carbons (Fsp3) is 0.292. The van der Waals surface area contributed by atoms with Crippen molar-refractivity contribution in [3.05, 3.63) is 64.8 Å². The molecule has 3 rings (SSSR count). The van der Waals surface area contributed by atoms with Gasteiger partial charge in [0.15, 0.2) is 0 Å². The minimum absolute atomic E-state index is 0.183. The lowest BCUT2D eigenvalue weighted by atomic mass is 9.91. The van der Waals surface area contributed by atoms with Gasteiger partial charge < -0.3 is 16.2 Å². The molecule has 1 aromatic heterocycles. The molecule has 0 spiro atoms. The van der Waals surface area contributed by atoms with Gasteiger partial charge in [-0.2, -0.15) is 0 Å². The number of nitrogens with one attached hydrogen (secondary N) is 1. The second kappa shape index (κ2) is 9.39. The van der Waals surface area contributed by atoms with E-state index in [0.717, 1.165) is 57.3 Å². The van der Waals surface area contributed by atoms with Crippen LogP contribution in [0.1, 0.15) is 42.1 Å². The third-order valence-electron chi connectivity index (χ3n) is 5.14. The number of carbonyl (C=O) groups is 2. The highest BCUT2D eigenvalue weighted by Gasteiger charge is 2.17. The fourth-order valence-corrected chi connectivity index (χ4v) is 3.67. The third-order valence-corrected chi connectivity index (χ3v) is 5.14. The SMILES string of the molecule is CCCc1nc2ccc(CCC(N)=O)cc2c(-c2ccc(C)cc2)c1CNC(=O)O. The number of primary amides is 1. The molecule has 6 heteroatoms. The van der Waals surface area contributed by atoms with E-state index >= 15 is 0 Å². The molecule has 156 valence electrons. The largest absolute Gasteiger partial charge is 0.465 e. The van der Waals surface area contributed by atoms with Crippen molar-refractivity contribution in [1.29, 1.82) is 0 Å². The number of nitrogens with zero attached hydrogens (tertiary/aromatic N) is 1. The minimum Gasteiger partial charge on any atom is -0.465 e. The van der Waals surface area contributed by atoms with E-state index in [1.807, 2.05) is 37.3 Å². The summed E-state index contributed by atoms with van der Waals surface area (Å²) in [4.78, 5) is 27.3. The van der Waals surface area contributed by atoms with Crippen LogP contribution in [-0.4, -0.2) is 22.1 Å². The Bertz CT molecular complexity index is 1080. The number of benzene rings is 2. The van der Waals surface area contributed by atoms with Crippen molar-refractivity contribution >= 4 is 22.9 Å². The lowest BCUT2D eigenvalue weighted by molar-refractivity contribution is -0.117. The van der Waals surface area contributed by atoms with E-state index in [1.165, 1.54) is 0 Å². The van der Waals surface area contributed by atoms with E-state index in [2.05, 4.69) is 24.4 Å². The summed E-state index contributed by atoms with van der Waals surface area (Å²) >= 11 is 0. The van der Waals surface area contributed by atoms with Crippen LogP contribution in [0.25, 0.3) is 22.0 Å². The predicted molar refractivity (Wildman–Crippen MR) is 118 cm³/mol. The normalized spacial score (nSPS) is 10.9. The standard InChI is InChI=1S/C24H27N3O3/c1-3-4-20-19(14-26-24(29)30)23(17-9-5-15(2)6-10-17)18-13-16(8-12-22(25)28)7-11-21(18)27-20/h5-7,9-11,13,26H,3-4,8,12,14H2,1-2H3,(H2,25,28)(H,29,30). The van der Waals surface area contributed by atoms with Crippen molar-refractivity contribution in [2.45, 2.75) is 46.1 Å².